The number of carbonyl (C=O) groups excluding carboxylic acids is 2. The Morgan fingerprint density at radius 2 is 1.88 bits per heavy atom. The molecule has 1 saturated carbocycles. The van der Waals surface area contributed by atoms with Crippen molar-refractivity contribution in [2.24, 2.45) is 0 Å². The third kappa shape index (κ3) is 4.76. The Hall–Kier alpha value is -2.95. The molecule has 0 unspecified atom stereocenters. The molecule has 0 radical (unpaired) electrons. The molecule has 0 spiro atoms. The fraction of sp³-hybridized carbons (Fsp3) is 0.250. The van der Waals surface area contributed by atoms with Crippen LogP contribution in [0.1, 0.15) is 41.6 Å². The number of pyridine rings is 1. The summed E-state index contributed by atoms with van der Waals surface area (Å²) in [5.41, 5.74) is 3.26. The van der Waals surface area contributed by atoms with Gasteiger partial charge in [-0.15, -0.1) is 0 Å². The van der Waals surface area contributed by atoms with Gasteiger partial charge in [0.2, 0.25) is 5.91 Å². The number of benzene rings is 1. The molecule has 1 aliphatic carbocycles. The number of allylic oxidation sites excluding steroid dienone is 1. The summed E-state index contributed by atoms with van der Waals surface area (Å²) in [5.74, 6) is -0.301. The van der Waals surface area contributed by atoms with Crippen LogP contribution < -0.4 is 10.6 Å². The van der Waals surface area contributed by atoms with Gasteiger partial charge in [-0.05, 0) is 49.4 Å². The predicted molar refractivity (Wildman–Crippen MR) is 97.0 cm³/mol. The number of nitrogens with zero attached hydrogens (tertiary/aromatic N) is 1. The van der Waals surface area contributed by atoms with E-state index in [9.17, 15) is 9.59 Å². The van der Waals surface area contributed by atoms with Crippen LogP contribution in [-0.2, 0) is 11.3 Å². The van der Waals surface area contributed by atoms with E-state index in [2.05, 4.69) is 15.6 Å². The molecular weight excluding hydrogens is 314 g/mol. The average molecular weight is 335 g/mol. The van der Waals surface area contributed by atoms with Crippen LogP contribution in [0.15, 0.2) is 60.4 Å². The van der Waals surface area contributed by atoms with E-state index in [1.807, 2.05) is 24.3 Å². The third-order valence-corrected chi connectivity index (χ3v) is 4.22. The van der Waals surface area contributed by atoms with Crippen LogP contribution in [-0.4, -0.2) is 16.8 Å². The summed E-state index contributed by atoms with van der Waals surface area (Å²) < 4.78 is 0. The van der Waals surface area contributed by atoms with Crippen molar-refractivity contribution in [1.29, 1.82) is 0 Å². The fourth-order valence-electron chi connectivity index (χ4n) is 2.88. The summed E-state index contributed by atoms with van der Waals surface area (Å²) in [6.45, 7) is 0.367. The maximum atomic E-state index is 12.3. The Morgan fingerprint density at radius 1 is 1.08 bits per heavy atom. The number of hydrogen-bond donors (Lipinski definition) is 2. The quantitative estimate of drug-likeness (QED) is 0.822. The van der Waals surface area contributed by atoms with E-state index in [1.165, 1.54) is 24.6 Å². The molecule has 1 aromatic heterocycles. The number of carbonyl (C=O) groups is 2. The van der Waals surface area contributed by atoms with Crippen molar-refractivity contribution < 1.29 is 9.59 Å². The third-order valence-electron chi connectivity index (χ3n) is 4.22. The predicted octanol–water partition coefficient (Wildman–Crippen LogP) is 3.45. The second-order valence-corrected chi connectivity index (χ2v) is 6.08. The molecule has 0 atom stereocenters. The Labute approximate surface area is 147 Å². The maximum Gasteiger partial charge on any atom is 0.257 e. The highest BCUT2D eigenvalue weighted by Crippen LogP contribution is 2.23. The molecule has 3 rings (SSSR count). The summed E-state index contributed by atoms with van der Waals surface area (Å²) in [5, 5.41) is 5.78. The van der Waals surface area contributed by atoms with Gasteiger partial charge in [0.15, 0.2) is 0 Å². The van der Waals surface area contributed by atoms with E-state index in [0.29, 0.717) is 17.8 Å². The number of nitrogens with one attached hydrogen (secondary N) is 2. The van der Waals surface area contributed by atoms with Gasteiger partial charge in [-0.25, -0.2) is 0 Å². The molecule has 2 N–H and O–H groups in total. The number of amides is 2. The van der Waals surface area contributed by atoms with E-state index in [4.69, 9.17) is 0 Å². The Bertz CT molecular complexity index is 777. The lowest BCUT2D eigenvalue weighted by Crippen LogP contribution is -2.22. The summed E-state index contributed by atoms with van der Waals surface area (Å²) in [6, 6.07) is 10.9. The average Bonchev–Trinajstić information content (AvgIpc) is 3.14. The molecule has 1 heterocycles. The van der Waals surface area contributed by atoms with Crippen molar-refractivity contribution in [3.8, 4) is 0 Å². The topological polar surface area (TPSA) is 71.1 Å². The molecular formula is C20H21N3O2. The monoisotopic (exact) mass is 335 g/mol. The molecule has 1 fully saturated rings. The first-order valence-corrected chi connectivity index (χ1v) is 8.49. The van der Waals surface area contributed by atoms with Gasteiger partial charge < -0.3 is 10.6 Å². The first kappa shape index (κ1) is 16.9. The molecule has 5 heteroatoms. The van der Waals surface area contributed by atoms with Gasteiger partial charge in [0.1, 0.15) is 0 Å². The van der Waals surface area contributed by atoms with Crippen molar-refractivity contribution >= 4 is 17.5 Å². The Morgan fingerprint density at radius 3 is 2.64 bits per heavy atom. The minimum absolute atomic E-state index is 0.0784. The van der Waals surface area contributed by atoms with Crippen LogP contribution >= 0.6 is 0 Å². The molecule has 0 saturated heterocycles. The smallest absolute Gasteiger partial charge is 0.257 e. The number of rotatable bonds is 5. The maximum absolute atomic E-state index is 12.3. The van der Waals surface area contributed by atoms with Crippen LogP contribution in [0.2, 0.25) is 0 Å². The lowest BCUT2D eigenvalue weighted by atomic mass is 10.1. The normalized spacial score (nSPS) is 13.4. The first-order chi connectivity index (χ1) is 12.2. The van der Waals surface area contributed by atoms with Gasteiger partial charge in [-0.2, -0.15) is 0 Å². The van der Waals surface area contributed by atoms with E-state index < -0.39 is 0 Å². The zero-order valence-corrected chi connectivity index (χ0v) is 14.0. The number of para-hydroxylation sites is 1. The zero-order chi connectivity index (χ0) is 17.5. The molecule has 128 valence electrons. The number of aromatic nitrogens is 1. The van der Waals surface area contributed by atoms with E-state index in [0.717, 1.165) is 18.4 Å². The van der Waals surface area contributed by atoms with Crippen LogP contribution in [0.4, 0.5) is 5.69 Å². The molecule has 2 aromatic rings. The zero-order valence-electron chi connectivity index (χ0n) is 14.0. The van der Waals surface area contributed by atoms with Crippen molar-refractivity contribution in [1.82, 2.24) is 10.3 Å². The van der Waals surface area contributed by atoms with Gasteiger partial charge in [-0.3, -0.25) is 14.6 Å². The van der Waals surface area contributed by atoms with Gasteiger partial charge in [0.25, 0.3) is 5.91 Å². The van der Waals surface area contributed by atoms with E-state index in [-0.39, 0.29) is 11.8 Å². The lowest BCUT2D eigenvalue weighted by Gasteiger charge is -2.11. The first-order valence-electron chi connectivity index (χ1n) is 8.49. The Kier molecular flexibility index (Phi) is 5.57. The molecule has 1 aliphatic rings. The van der Waals surface area contributed by atoms with E-state index in [1.54, 1.807) is 24.4 Å². The highest BCUT2D eigenvalue weighted by Gasteiger charge is 2.11. The van der Waals surface area contributed by atoms with Crippen molar-refractivity contribution in [2.75, 3.05) is 5.32 Å². The molecule has 5 nitrogen and oxygen atoms in total. The van der Waals surface area contributed by atoms with E-state index >= 15 is 0 Å². The van der Waals surface area contributed by atoms with Crippen LogP contribution in [0, 0.1) is 0 Å². The molecule has 2 amide bonds. The summed E-state index contributed by atoms with van der Waals surface area (Å²) >= 11 is 0. The number of anilines is 1. The summed E-state index contributed by atoms with van der Waals surface area (Å²) in [4.78, 5) is 28.3. The number of hydrogen-bond acceptors (Lipinski definition) is 3. The molecule has 0 aliphatic heterocycles. The second kappa shape index (κ2) is 8.24. The fourth-order valence-corrected chi connectivity index (χ4v) is 2.88. The molecule has 1 aromatic carbocycles. The van der Waals surface area contributed by atoms with Crippen LogP contribution in [0.3, 0.4) is 0 Å². The van der Waals surface area contributed by atoms with Crippen molar-refractivity contribution in [2.45, 2.75) is 32.2 Å². The molecule has 25 heavy (non-hydrogen) atoms. The van der Waals surface area contributed by atoms with Gasteiger partial charge >= 0.3 is 0 Å². The van der Waals surface area contributed by atoms with Gasteiger partial charge in [0, 0.05) is 30.7 Å². The largest absolute Gasteiger partial charge is 0.348 e. The molecule has 0 bridgehead atoms. The minimum atomic E-state index is -0.222. The van der Waals surface area contributed by atoms with Crippen LogP contribution in [0.25, 0.3) is 0 Å². The minimum Gasteiger partial charge on any atom is -0.348 e. The van der Waals surface area contributed by atoms with Gasteiger partial charge in [0.05, 0.1) is 5.56 Å². The lowest BCUT2D eigenvalue weighted by molar-refractivity contribution is -0.116. The highest BCUT2D eigenvalue weighted by atomic mass is 16.2. The Balaban J connectivity index is 1.63. The second-order valence-electron chi connectivity index (χ2n) is 6.08. The standard InChI is InChI=1S/C20H21N3O2/c24-19(12-15-6-1-2-7-15)22-14-16-8-3-4-10-18(16)23-20(25)17-9-5-11-21-13-17/h3-5,8-13H,1-2,6-7,14H2,(H,22,24)(H,23,25). The van der Waals surface area contributed by atoms with Gasteiger partial charge in [-0.1, -0.05) is 23.8 Å². The highest BCUT2D eigenvalue weighted by molar-refractivity contribution is 6.04. The van der Waals surface area contributed by atoms with Crippen LogP contribution in [0.5, 0.6) is 0 Å². The summed E-state index contributed by atoms with van der Waals surface area (Å²) in [6.07, 6.45) is 9.23. The summed E-state index contributed by atoms with van der Waals surface area (Å²) in [7, 11) is 0. The SMILES string of the molecule is O=C(C=C1CCCC1)NCc1ccccc1NC(=O)c1cccnc1. The van der Waals surface area contributed by atoms with Crippen molar-refractivity contribution in [3.63, 3.8) is 0 Å². The van der Waals surface area contributed by atoms with Crippen molar-refractivity contribution in [3.05, 3.63) is 71.6 Å².